The van der Waals surface area contributed by atoms with Crippen LogP contribution < -0.4 is 11.1 Å². The van der Waals surface area contributed by atoms with Crippen molar-refractivity contribution < 1.29 is 24.4 Å². The maximum absolute atomic E-state index is 11.3. The van der Waals surface area contributed by atoms with Crippen LogP contribution in [0.1, 0.15) is 58.2 Å². The maximum atomic E-state index is 11.3. The van der Waals surface area contributed by atoms with Gasteiger partial charge in [0.1, 0.15) is 17.3 Å². The summed E-state index contributed by atoms with van der Waals surface area (Å²) in [4.78, 5) is 43.6. The van der Waals surface area contributed by atoms with Gasteiger partial charge >= 0.3 is 0 Å². The van der Waals surface area contributed by atoms with E-state index in [0.29, 0.717) is 55.7 Å². The number of azo groups is 1. The largest absolute Gasteiger partial charge is 0.507 e. The van der Waals surface area contributed by atoms with Gasteiger partial charge in [-0.05, 0) is 115 Å². The average Bonchev–Trinajstić information content (AvgIpc) is 3.06. The van der Waals surface area contributed by atoms with Crippen LogP contribution in [0, 0.1) is 24.0 Å². The van der Waals surface area contributed by atoms with Gasteiger partial charge in [0.25, 0.3) is 5.69 Å². The molecule has 1 amide bonds. The third kappa shape index (κ3) is 8.55. The summed E-state index contributed by atoms with van der Waals surface area (Å²) in [6.07, 6.45) is 4.93. The highest BCUT2D eigenvalue weighted by molar-refractivity contribution is 5.94. The van der Waals surface area contributed by atoms with Crippen molar-refractivity contribution in [3.05, 3.63) is 116 Å². The number of nitrogens with one attached hydrogen (secondary N) is 1. The number of nitro benzene ring substituents is 1. The highest BCUT2D eigenvalue weighted by atomic mass is 16.6. The number of nitrogens with zero attached hydrogens (tertiary/aromatic N) is 3. The van der Waals surface area contributed by atoms with Crippen molar-refractivity contribution in [2.24, 2.45) is 10.2 Å². The van der Waals surface area contributed by atoms with E-state index in [-0.39, 0.29) is 17.4 Å². The van der Waals surface area contributed by atoms with Crippen LogP contribution >= 0.6 is 0 Å². The number of ketones is 2. The molecule has 11 heteroatoms. The molecule has 2 aliphatic carbocycles. The van der Waals surface area contributed by atoms with Gasteiger partial charge in [-0.3, -0.25) is 24.5 Å². The molecule has 4 N–H and O–H groups in total. The number of nitrogens with two attached hydrogens (primary N) is 1. The Morgan fingerprint density at radius 2 is 1.27 bits per heavy atom. The molecule has 4 aromatic rings. The Morgan fingerprint density at radius 3 is 1.92 bits per heavy atom. The van der Waals surface area contributed by atoms with E-state index in [9.17, 15) is 29.6 Å². The van der Waals surface area contributed by atoms with Gasteiger partial charge in [-0.1, -0.05) is 12.1 Å². The van der Waals surface area contributed by atoms with Gasteiger partial charge in [-0.15, -0.1) is 0 Å². The number of non-ortho nitro benzene ring substituents is 1. The molecule has 1 heterocycles. The van der Waals surface area contributed by atoms with E-state index in [1.54, 1.807) is 24.3 Å². The van der Waals surface area contributed by atoms with Crippen LogP contribution in [0.25, 0.3) is 0 Å². The van der Waals surface area contributed by atoms with Crippen molar-refractivity contribution in [2.45, 2.75) is 65.2 Å². The third-order valence-corrected chi connectivity index (χ3v) is 8.49. The van der Waals surface area contributed by atoms with Crippen LogP contribution in [0.3, 0.4) is 0 Å². The van der Waals surface area contributed by atoms with Gasteiger partial charge in [0.2, 0.25) is 5.91 Å². The Labute approximate surface area is 278 Å². The minimum Gasteiger partial charge on any atom is -0.507 e. The Bertz CT molecular complexity index is 1930. The average molecular weight is 648 g/mol. The molecule has 246 valence electrons. The first-order chi connectivity index (χ1) is 22.9. The second-order valence-corrected chi connectivity index (χ2v) is 12.2. The zero-order valence-corrected chi connectivity index (χ0v) is 26.9. The second kappa shape index (κ2) is 14.8. The number of rotatable bonds is 3. The molecule has 4 aromatic carbocycles. The predicted octanol–water partition coefficient (Wildman–Crippen LogP) is 7.29. The Kier molecular flexibility index (Phi) is 10.4. The molecule has 0 unspecified atom stereocenters. The van der Waals surface area contributed by atoms with E-state index < -0.39 is 4.92 Å². The van der Waals surface area contributed by atoms with Crippen LogP contribution in [0.15, 0.2) is 77.0 Å². The molecular formula is C37H37N5O6. The fourth-order valence-electron chi connectivity index (χ4n) is 5.87. The van der Waals surface area contributed by atoms with Gasteiger partial charge in [0.15, 0.2) is 0 Å². The number of carbonyl (C=O) groups is 3. The summed E-state index contributed by atoms with van der Waals surface area (Å²) in [6, 6.07) is 19.7. The first kappa shape index (κ1) is 33.6. The first-order valence-corrected chi connectivity index (χ1v) is 15.8. The van der Waals surface area contributed by atoms with Crippen LogP contribution in [-0.4, -0.2) is 27.5 Å². The van der Waals surface area contributed by atoms with Crippen molar-refractivity contribution in [2.75, 3.05) is 11.1 Å². The molecule has 0 atom stereocenters. The summed E-state index contributed by atoms with van der Waals surface area (Å²) in [5.41, 5.74) is 15.8. The molecule has 7 rings (SSSR count). The lowest BCUT2D eigenvalue weighted by Gasteiger charge is -2.16. The van der Waals surface area contributed by atoms with Crippen molar-refractivity contribution in [3.8, 4) is 5.75 Å². The molecule has 0 aromatic heterocycles. The van der Waals surface area contributed by atoms with Crippen LogP contribution in [0.4, 0.5) is 28.4 Å². The molecule has 0 saturated heterocycles. The van der Waals surface area contributed by atoms with Gasteiger partial charge < -0.3 is 16.2 Å². The molecule has 1 aliphatic heterocycles. The quantitative estimate of drug-likeness (QED) is 0.0904. The Balaban J connectivity index is 0.000000150. The highest BCUT2D eigenvalue weighted by Crippen LogP contribution is 2.31. The summed E-state index contributed by atoms with van der Waals surface area (Å²) in [5, 5.41) is 31.6. The smallest absolute Gasteiger partial charge is 0.269 e. The zero-order valence-electron chi connectivity index (χ0n) is 26.9. The Hall–Kier alpha value is -5.71. The van der Waals surface area contributed by atoms with E-state index in [0.717, 1.165) is 63.3 Å². The minimum absolute atomic E-state index is 0.0527. The van der Waals surface area contributed by atoms with Crippen molar-refractivity contribution in [1.29, 1.82) is 0 Å². The second-order valence-electron chi connectivity index (χ2n) is 12.2. The number of nitro groups is 1. The molecule has 0 spiro atoms. The number of phenols is 1. The molecule has 0 fully saturated rings. The number of Topliss-reactive ketones (excluding diaryl/α,β-unsaturated/α-hetero) is 2. The van der Waals surface area contributed by atoms with Gasteiger partial charge in [-0.25, -0.2) is 0 Å². The molecule has 0 radical (unpaired) electrons. The van der Waals surface area contributed by atoms with E-state index in [4.69, 9.17) is 5.73 Å². The standard InChI is InChI=1S/C17H17N3O2.C10H9NO3.C10H11NO/c1-10-7-14(8-11(2)17(10)22)20-19-13-4-5-15-12(9-13)3-6-16(21)18-15;12-10-4-2-7-5-9(11(13)14)3-1-8(7)6-10;11-9-3-1-8-6-10(12)4-2-7(8)5-9/h4-5,7-9,22H,3,6H2,1-2H3,(H,18,21);1,3,5H,2,4,6H2;1,3,5H,2,4,6,11H2. The van der Waals surface area contributed by atoms with Crippen LogP contribution in [0.5, 0.6) is 5.75 Å². The van der Waals surface area contributed by atoms with Gasteiger partial charge in [-0.2, -0.15) is 10.2 Å². The summed E-state index contributed by atoms with van der Waals surface area (Å²) in [5.74, 6) is 0.902. The van der Waals surface area contributed by atoms with E-state index in [1.807, 2.05) is 50.2 Å². The lowest BCUT2D eigenvalue weighted by Crippen LogP contribution is -2.18. The minimum atomic E-state index is -0.406. The number of amides is 1. The molecule has 3 aliphatic rings. The number of carbonyl (C=O) groups excluding carboxylic acids is 3. The SMILES string of the molecule is Cc1cc(N=Nc2ccc3c(c2)CCC(=O)N3)cc(C)c1O.Nc1ccc2c(c1)CCC(=O)C2.O=C1CCc2cc([N+](=O)[O-])ccc2C1. The summed E-state index contributed by atoms with van der Waals surface area (Å²) in [7, 11) is 0. The fourth-order valence-corrected chi connectivity index (χ4v) is 5.87. The summed E-state index contributed by atoms with van der Waals surface area (Å²) in [6.45, 7) is 3.67. The van der Waals surface area contributed by atoms with Crippen molar-refractivity contribution in [3.63, 3.8) is 0 Å². The number of hydrogen-bond acceptors (Lipinski definition) is 9. The Morgan fingerprint density at radius 1 is 0.688 bits per heavy atom. The third-order valence-electron chi connectivity index (χ3n) is 8.49. The summed E-state index contributed by atoms with van der Waals surface area (Å²) < 4.78 is 0. The topological polar surface area (TPSA) is 177 Å². The van der Waals surface area contributed by atoms with Gasteiger partial charge in [0, 0.05) is 55.6 Å². The number of benzene rings is 4. The van der Waals surface area contributed by atoms with Crippen LogP contribution in [0.2, 0.25) is 0 Å². The number of aryl methyl sites for hydroxylation is 5. The highest BCUT2D eigenvalue weighted by Gasteiger charge is 2.18. The monoisotopic (exact) mass is 647 g/mol. The van der Waals surface area contributed by atoms with Gasteiger partial charge in [0.05, 0.1) is 16.3 Å². The fraction of sp³-hybridized carbons (Fsp3) is 0.270. The first-order valence-electron chi connectivity index (χ1n) is 15.8. The molecule has 0 saturated carbocycles. The van der Waals surface area contributed by atoms with Crippen molar-refractivity contribution >= 4 is 45.9 Å². The lowest BCUT2D eigenvalue weighted by atomic mass is 9.90. The number of fused-ring (bicyclic) bond motifs is 3. The number of anilines is 2. The maximum Gasteiger partial charge on any atom is 0.269 e. The molecule has 48 heavy (non-hydrogen) atoms. The lowest BCUT2D eigenvalue weighted by molar-refractivity contribution is -0.384. The van der Waals surface area contributed by atoms with Crippen LogP contribution in [-0.2, 0) is 46.5 Å². The number of hydrogen-bond donors (Lipinski definition) is 3. The summed E-state index contributed by atoms with van der Waals surface area (Å²) >= 11 is 0. The van der Waals surface area contributed by atoms with E-state index in [2.05, 4.69) is 15.5 Å². The normalized spacial score (nSPS) is 14.8. The predicted molar refractivity (Wildman–Crippen MR) is 183 cm³/mol. The molecular weight excluding hydrogens is 610 g/mol. The number of nitrogen functional groups attached to an aromatic ring is 1. The van der Waals surface area contributed by atoms with E-state index >= 15 is 0 Å². The molecule has 0 bridgehead atoms. The number of aromatic hydroxyl groups is 1. The molecule has 11 nitrogen and oxygen atoms in total. The zero-order chi connectivity index (χ0) is 34.4. The van der Waals surface area contributed by atoms with E-state index in [1.165, 1.54) is 11.6 Å². The number of phenolic OH excluding ortho intramolecular Hbond substituents is 1. The van der Waals surface area contributed by atoms with Crippen molar-refractivity contribution in [1.82, 2.24) is 0 Å².